The fourth-order valence-electron chi connectivity index (χ4n) is 3.10. The van der Waals surface area contributed by atoms with Gasteiger partial charge in [-0.1, -0.05) is 0 Å². The molecule has 2 fully saturated rings. The van der Waals surface area contributed by atoms with Crippen LogP contribution in [-0.2, 0) is 19.1 Å². The van der Waals surface area contributed by atoms with Gasteiger partial charge in [-0.05, 0) is 27.8 Å². The Morgan fingerprint density at radius 2 is 1.86 bits per heavy atom. The molecule has 2 aliphatic rings. The number of fused-ring (bicyclic) bond motifs is 2. The van der Waals surface area contributed by atoms with Gasteiger partial charge < -0.3 is 14.4 Å². The molecule has 0 aromatic heterocycles. The van der Waals surface area contributed by atoms with Crippen LogP contribution in [0.2, 0.25) is 0 Å². The lowest BCUT2D eigenvalue weighted by Gasteiger charge is -2.49. The number of piperazine rings is 1. The summed E-state index contributed by atoms with van der Waals surface area (Å²) >= 11 is 0. The SMILES string of the molecule is COC(=O)C1C(=O)C[C@@H]2CN(C(=O)OC(C)(C)C)C[C@H]1N2C. The van der Waals surface area contributed by atoms with Crippen molar-refractivity contribution in [3.63, 3.8) is 0 Å². The molecule has 2 saturated heterocycles. The molecular formula is C15H24N2O5. The Morgan fingerprint density at radius 3 is 2.41 bits per heavy atom. The van der Waals surface area contributed by atoms with Crippen molar-refractivity contribution >= 4 is 17.8 Å². The van der Waals surface area contributed by atoms with Crippen LogP contribution in [0.5, 0.6) is 0 Å². The predicted octanol–water partition coefficient (Wildman–Crippen LogP) is 0.668. The minimum absolute atomic E-state index is 0.0836. The smallest absolute Gasteiger partial charge is 0.410 e. The van der Waals surface area contributed by atoms with Gasteiger partial charge in [0, 0.05) is 31.6 Å². The molecule has 0 radical (unpaired) electrons. The largest absolute Gasteiger partial charge is 0.468 e. The second kappa shape index (κ2) is 5.87. The highest BCUT2D eigenvalue weighted by atomic mass is 16.6. The molecule has 0 aromatic carbocycles. The van der Waals surface area contributed by atoms with Crippen LogP contribution < -0.4 is 0 Å². The number of piperidine rings is 1. The maximum atomic E-state index is 12.3. The van der Waals surface area contributed by atoms with Crippen molar-refractivity contribution in [2.75, 3.05) is 27.2 Å². The van der Waals surface area contributed by atoms with Gasteiger partial charge in [0.1, 0.15) is 17.3 Å². The average molecular weight is 312 g/mol. The molecule has 2 bridgehead atoms. The highest BCUT2D eigenvalue weighted by Crippen LogP contribution is 2.31. The third-order valence-electron chi connectivity index (χ3n) is 4.21. The Morgan fingerprint density at radius 1 is 1.23 bits per heavy atom. The number of methoxy groups -OCH3 is 1. The summed E-state index contributed by atoms with van der Waals surface area (Å²) in [5.41, 5.74) is -0.576. The Kier molecular flexibility index (Phi) is 4.47. The van der Waals surface area contributed by atoms with Gasteiger partial charge in [-0.25, -0.2) is 4.79 Å². The molecular weight excluding hydrogens is 288 g/mol. The van der Waals surface area contributed by atoms with E-state index in [1.165, 1.54) is 7.11 Å². The average Bonchev–Trinajstić information content (AvgIpc) is 2.38. The number of hydrogen-bond donors (Lipinski definition) is 0. The van der Waals surface area contributed by atoms with Gasteiger partial charge in [-0.15, -0.1) is 0 Å². The van der Waals surface area contributed by atoms with E-state index >= 15 is 0 Å². The van der Waals surface area contributed by atoms with E-state index in [9.17, 15) is 14.4 Å². The topological polar surface area (TPSA) is 76.2 Å². The van der Waals surface area contributed by atoms with E-state index in [4.69, 9.17) is 9.47 Å². The summed E-state index contributed by atoms with van der Waals surface area (Å²) in [6, 6.07) is -0.445. The van der Waals surface area contributed by atoms with Crippen LogP contribution in [0.25, 0.3) is 0 Å². The predicted molar refractivity (Wildman–Crippen MR) is 78.3 cm³/mol. The van der Waals surface area contributed by atoms with Crippen molar-refractivity contribution in [3.8, 4) is 0 Å². The molecule has 7 heteroatoms. The van der Waals surface area contributed by atoms with Crippen LogP contribution in [0.15, 0.2) is 0 Å². The molecule has 0 aliphatic carbocycles. The molecule has 22 heavy (non-hydrogen) atoms. The van der Waals surface area contributed by atoms with E-state index in [2.05, 4.69) is 0 Å². The number of likely N-dealkylation sites (tertiary alicyclic amines) is 1. The van der Waals surface area contributed by atoms with E-state index in [1.807, 2.05) is 32.7 Å². The number of nitrogens with zero attached hydrogens (tertiary/aromatic N) is 2. The number of rotatable bonds is 1. The monoisotopic (exact) mass is 312 g/mol. The Bertz CT molecular complexity index is 485. The van der Waals surface area contributed by atoms with Crippen molar-refractivity contribution in [1.82, 2.24) is 9.80 Å². The second-order valence-electron chi connectivity index (χ2n) is 6.94. The molecule has 1 unspecified atom stereocenters. The Labute approximate surface area is 130 Å². The van der Waals surface area contributed by atoms with Gasteiger partial charge in [-0.3, -0.25) is 14.5 Å². The quantitative estimate of drug-likeness (QED) is 0.523. The summed E-state index contributed by atoms with van der Waals surface area (Å²) in [6.07, 6.45) is -0.167. The maximum absolute atomic E-state index is 12.3. The molecule has 0 spiro atoms. The lowest BCUT2D eigenvalue weighted by molar-refractivity contribution is -0.159. The summed E-state index contributed by atoms with van der Waals surface area (Å²) in [5, 5.41) is 0. The minimum atomic E-state index is -0.837. The molecule has 1 amide bonds. The Balaban J connectivity index is 2.17. The van der Waals surface area contributed by atoms with Crippen LogP contribution in [0.3, 0.4) is 0 Å². The van der Waals surface area contributed by atoms with Gasteiger partial charge in [0.2, 0.25) is 0 Å². The first-order valence-corrected chi connectivity index (χ1v) is 7.44. The van der Waals surface area contributed by atoms with Gasteiger partial charge in [-0.2, -0.15) is 0 Å². The molecule has 124 valence electrons. The number of esters is 1. The van der Waals surface area contributed by atoms with Crippen LogP contribution in [0.4, 0.5) is 4.79 Å². The Hall–Kier alpha value is -1.63. The van der Waals surface area contributed by atoms with E-state index in [0.29, 0.717) is 6.54 Å². The van der Waals surface area contributed by atoms with Crippen LogP contribution in [0, 0.1) is 5.92 Å². The van der Waals surface area contributed by atoms with Gasteiger partial charge >= 0.3 is 12.1 Å². The number of ketones is 1. The number of amides is 1. The number of carbonyl (C=O) groups excluding carboxylic acids is 3. The molecule has 2 heterocycles. The normalized spacial score (nSPS) is 29.2. The number of Topliss-reactive ketones (excluding diaryl/α,β-unsaturated/α-hetero) is 1. The minimum Gasteiger partial charge on any atom is -0.468 e. The molecule has 7 nitrogen and oxygen atoms in total. The van der Waals surface area contributed by atoms with E-state index < -0.39 is 23.6 Å². The molecule has 0 saturated carbocycles. The summed E-state index contributed by atoms with van der Waals surface area (Å²) in [6.45, 7) is 6.14. The summed E-state index contributed by atoms with van der Waals surface area (Å²) in [7, 11) is 3.15. The fraction of sp³-hybridized carbons (Fsp3) is 0.800. The highest BCUT2D eigenvalue weighted by molar-refractivity contribution is 6.01. The first-order valence-electron chi connectivity index (χ1n) is 7.44. The van der Waals surface area contributed by atoms with Crippen molar-refractivity contribution in [3.05, 3.63) is 0 Å². The molecule has 0 N–H and O–H groups in total. The van der Waals surface area contributed by atoms with E-state index in [-0.39, 0.29) is 30.8 Å². The first-order chi connectivity index (χ1) is 10.1. The van der Waals surface area contributed by atoms with Gasteiger partial charge in [0.25, 0.3) is 0 Å². The van der Waals surface area contributed by atoms with Crippen molar-refractivity contribution in [2.45, 2.75) is 44.9 Å². The number of carbonyl (C=O) groups is 3. The summed E-state index contributed by atoms with van der Waals surface area (Å²) in [5.74, 6) is -1.48. The third kappa shape index (κ3) is 3.24. The molecule has 2 rings (SSSR count). The highest BCUT2D eigenvalue weighted by Gasteiger charge is 2.50. The zero-order valence-electron chi connectivity index (χ0n) is 13.8. The fourth-order valence-corrected chi connectivity index (χ4v) is 3.10. The van der Waals surface area contributed by atoms with Crippen LogP contribution in [0.1, 0.15) is 27.2 Å². The third-order valence-corrected chi connectivity index (χ3v) is 4.21. The van der Waals surface area contributed by atoms with E-state index in [0.717, 1.165) is 0 Å². The number of ether oxygens (including phenoxy) is 2. The second-order valence-corrected chi connectivity index (χ2v) is 6.94. The lowest BCUT2D eigenvalue weighted by Crippen LogP contribution is -2.67. The first kappa shape index (κ1) is 16.7. The van der Waals surface area contributed by atoms with Crippen molar-refractivity contribution in [2.24, 2.45) is 5.92 Å². The standard InChI is InChI=1S/C15H24N2O5/c1-15(2,3)22-14(20)17-7-9-6-11(18)12(13(19)21-5)10(8-17)16(9)4/h9-10,12H,6-8H2,1-5H3/t9-,10-,12?/m1/s1. The van der Waals surface area contributed by atoms with Gasteiger partial charge in [0.15, 0.2) is 0 Å². The van der Waals surface area contributed by atoms with Crippen LogP contribution >= 0.6 is 0 Å². The number of likely N-dealkylation sites (N-methyl/N-ethyl adjacent to an activating group) is 1. The van der Waals surface area contributed by atoms with Crippen molar-refractivity contribution in [1.29, 1.82) is 0 Å². The lowest BCUT2D eigenvalue weighted by atomic mass is 9.82. The van der Waals surface area contributed by atoms with Crippen LogP contribution in [-0.4, -0.2) is 72.6 Å². The van der Waals surface area contributed by atoms with E-state index in [1.54, 1.807) is 4.90 Å². The van der Waals surface area contributed by atoms with Crippen molar-refractivity contribution < 1.29 is 23.9 Å². The maximum Gasteiger partial charge on any atom is 0.410 e. The number of hydrogen-bond acceptors (Lipinski definition) is 6. The molecule has 2 aliphatic heterocycles. The summed E-state index contributed by atoms with van der Waals surface area (Å²) in [4.78, 5) is 40.0. The zero-order chi connectivity index (χ0) is 16.7. The molecule has 0 aromatic rings. The zero-order valence-corrected chi connectivity index (χ0v) is 13.8. The summed E-state index contributed by atoms with van der Waals surface area (Å²) < 4.78 is 10.1. The van der Waals surface area contributed by atoms with Gasteiger partial charge in [0.05, 0.1) is 7.11 Å². The molecule has 3 atom stereocenters.